The van der Waals surface area contributed by atoms with E-state index in [1.807, 2.05) is 0 Å². The summed E-state index contributed by atoms with van der Waals surface area (Å²) >= 11 is 0. The lowest BCUT2D eigenvalue weighted by Crippen LogP contribution is -2.48. The first-order valence-electron chi connectivity index (χ1n) is 6.33. The van der Waals surface area contributed by atoms with Gasteiger partial charge < -0.3 is 10.2 Å². The molecule has 15 heavy (non-hydrogen) atoms. The molecule has 1 saturated heterocycles. The predicted molar refractivity (Wildman–Crippen MR) is 66.3 cm³/mol. The molecule has 90 valence electrons. The van der Waals surface area contributed by atoms with E-state index in [-0.39, 0.29) is 0 Å². The van der Waals surface area contributed by atoms with Gasteiger partial charge in [-0.2, -0.15) is 0 Å². The minimum absolute atomic E-state index is 0.777. The molecule has 0 aromatic rings. The fourth-order valence-corrected chi connectivity index (χ4v) is 2.24. The van der Waals surface area contributed by atoms with E-state index in [1.54, 1.807) is 0 Å². The molecule has 0 saturated carbocycles. The average molecular weight is 213 g/mol. The average Bonchev–Trinajstić information content (AvgIpc) is 2.25. The number of piperidine rings is 1. The lowest BCUT2D eigenvalue weighted by molar-refractivity contribution is 0.153. The van der Waals surface area contributed by atoms with Gasteiger partial charge in [0.25, 0.3) is 0 Å². The van der Waals surface area contributed by atoms with E-state index >= 15 is 0 Å². The highest BCUT2D eigenvalue weighted by atomic mass is 15.2. The quantitative estimate of drug-likeness (QED) is 0.710. The Bertz CT molecular complexity index is 153. The fraction of sp³-hybridized carbons (Fsp3) is 1.00. The van der Waals surface area contributed by atoms with Crippen LogP contribution in [0.4, 0.5) is 0 Å². The van der Waals surface area contributed by atoms with Crippen molar-refractivity contribution in [3.63, 3.8) is 0 Å². The van der Waals surface area contributed by atoms with Gasteiger partial charge in [0.2, 0.25) is 0 Å². The standard InChI is InChI=1S/C12H27N3/c1-4-8-15(10-9-14(2)3)12-6-5-7-13-11-12/h12-13H,4-11H2,1-3H3. The molecule has 3 nitrogen and oxygen atoms in total. The highest BCUT2D eigenvalue weighted by Gasteiger charge is 2.19. The van der Waals surface area contributed by atoms with Crippen molar-refractivity contribution in [1.82, 2.24) is 15.1 Å². The van der Waals surface area contributed by atoms with E-state index in [0.717, 1.165) is 6.04 Å². The summed E-state index contributed by atoms with van der Waals surface area (Å²) in [7, 11) is 4.31. The second-order valence-electron chi connectivity index (χ2n) is 4.84. The van der Waals surface area contributed by atoms with Crippen molar-refractivity contribution >= 4 is 0 Å². The number of hydrogen-bond acceptors (Lipinski definition) is 3. The van der Waals surface area contributed by atoms with Gasteiger partial charge in [-0.3, -0.25) is 4.90 Å². The Morgan fingerprint density at radius 2 is 2.00 bits per heavy atom. The number of rotatable bonds is 6. The zero-order valence-electron chi connectivity index (χ0n) is 10.6. The van der Waals surface area contributed by atoms with Crippen molar-refractivity contribution < 1.29 is 0 Å². The van der Waals surface area contributed by atoms with Crippen molar-refractivity contribution in [3.05, 3.63) is 0 Å². The molecule has 1 aliphatic rings. The van der Waals surface area contributed by atoms with Crippen LogP contribution >= 0.6 is 0 Å². The van der Waals surface area contributed by atoms with Crippen LogP contribution in [-0.2, 0) is 0 Å². The highest BCUT2D eigenvalue weighted by molar-refractivity contribution is 4.78. The highest BCUT2D eigenvalue weighted by Crippen LogP contribution is 2.10. The molecule has 1 heterocycles. The van der Waals surface area contributed by atoms with Gasteiger partial charge >= 0.3 is 0 Å². The minimum Gasteiger partial charge on any atom is -0.315 e. The Morgan fingerprint density at radius 3 is 2.53 bits per heavy atom. The summed E-state index contributed by atoms with van der Waals surface area (Å²) in [5, 5.41) is 3.51. The van der Waals surface area contributed by atoms with Crippen molar-refractivity contribution in [2.75, 3.05) is 46.8 Å². The van der Waals surface area contributed by atoms with Crippen molar-refractivity contribution in [2.45, 2.75) is 32.2 Å². The fourth-order valence-electron chi connectivity index (χ4n) is 2.24. The molecule has 1 aliphatic heterocycles. The summed E-state index contributed by atoms with van der Waals surface area (Å²) in [6.45, 7) is 8.32. The van der Waals surface area contributed by atoms with Gasteiger partial charge in [0.1, 0.15) is 0 Å². The van der Waals surface area contributed by atoms with Crippen LogP contribution in [0.1, 0.15) is 26.2 Å². The van der Waals surface area contributed by atoms with Gasteiger partial charge in [-0.05, 0) is 46.4 Å². The second kappa shape index (κ2) is 7.20. The second-order valence-corrected chi connectivity index (χ2v) is 4.84. The third-order valence-electron chi connectivity index (χ3n) is 3.13. The zero-order valence-corrected chi connectivity index (χ0v) is 10.6. The summed E-state index contributed by atoms with van der Waals surface area (Å²) < 4.78 is 0. The molecule has 0 aliphatic carbocycles. The normalized spacial score (nSPS) is 22.6. The first-order valence-corrected chi connectivity index (χ1v) is 6.33. The van der Waals surface area contributed by atoms with Gasteiger partial charge in [0.15, 0.2) is 0 Å². The van der Waals surface area contributed by atoms with E-state index in [4.69, 9.17) is 0 Å². The predicted octanol–water partition coefficient (Wildman–Crippen LogP) is 1.01. The first kappa shape index (κ1) is 12.9. The maximum absolute atomic E-state index is 3.51. The van der Waals surface area contributed by atoms with Gasteiger partial charge in [-0.25, -0.2) is 0 Å². The number of hydrogen-bond donors (Lipinski definition) is 1. The number of nitrogens with zero attached hydrogens (tertiary/aromatic N) is 2. The smallest absolute Gasteiger partial charge is 0.0221 e. The Labute approximate surface area is 94.8 Å². The molecule has 0 aromatic carbocycles. The van der Waals surface area contributed by atoms with E-state index in [9.17, 15) is 0 Å². The largest absolute Gasteiger partial charge is 0.315 e. The van der Waals surface area contributed by atoms with Gasteiger partial charge in [-0.1, -0.05) is 6.92 Å². The van der Waals surface area contributed by atoms with Crippen LogP contribution in [0.3, 0.4) is 0 Å². The first-order chi connectivity index (χ1) is 7.24. The molecule has 1 N–H and O–H groups in total. The topological polar surface area (TPSA) is 18.5 Å². The Kier molecular flexibility index (Phi) is 6.22. The molecule has 1 rings (SSSR count). The molecule has 0 amide bonds. The molecular weight excluding hydrogens is 186 g/mol. The summed E-state index contributed by atoms with van der Waals surface area (Å²) in [4.78, 5) is 4.94. The molecule has 1 atom stereocenters. The molecule has 0 aromatic heterocycles. The summed E-state index contributed by atoms with van der Waals surface area (Å²) in [5.74, 6) is 0. The summed E-state index contributed by atoms with van der Waals surface area (Å²) in [6.07, 6.45) is 3.98. The number of nitrogens with one attached hydrogen (secondary N) is 1. The third kappa shape index (κ3) is 4.96. The van der Waals surface area contributed by atoms with E-state index in [0.29, 0.717) is 0 Å². The van der Waals surface area contributed by atoms with Crippen LogP contribution in [0.25, 0.3) is 0 Å². The van der Waals surface area contributed by atoms with Crippen molar-refractivity contribution in [1.29, 1.82) is 0 Å². The third-order valence-corrected chi connectivity index (χ3v) is 3.13. The van der Waals surface area contributed by atoms with Crippen molar-refractivity contribution in [3.8, 4) is 0 Å². The summed E-state index contributed by atoms with van der Waals surface area (Å²) in [6, 6.07) is 0.777. The van der Waals surface area contributed by atoms with Crippen LogP contribution in [-0.4, -0.2) is 62.7 Å². The SMILES string of the molecule is CCCN(CCN(C)C)C1CCCNC1. The zero-order chi connectivity index (χ0) is 11.1. The lowest BCUT2D eigenvalue weighted by atomic mass is 10.1. The maximum atomic E-state index is 3.51. The Balaban J connectivity index is 2.33. The van der Waals surface area contributed by atoms with Gasteiger partial charge in [0.05, 0.1) is 0 Å². The van der Waals surface area contributed by atoms with E-state index in [2.05, 4.69) is 36.1 Å². The molecule has 0 spiro atoms. The Hall–Kier alpha value is -0.120. The van der Waals surface area contributed by atoms with Crippen LogP contribution in [0.2, 0.25) is 0 Å². The maximum Gasteiger partial charge on any atom is 0.0221 e. The van der Waals surface area contributed by atoms with Crippen LogP contribution in [0.15, 0.2) is 0 Å². The minimum atomic E-state index is 0.777. The van der Waals surface area contributed by atoms with Gasteiger partial charge in [-0.15, -0.1) is 0 Å². The molecule has 0 bridgehead atoms. The van der Waals surface area contributed by atoms with Crippen LogP contribution in [0.5, 0.6) is 0 Å². The van der Waals surface area contributed by atoms with Crippen molar-refractivity contribution in [2.24, 2.45) is 0 Å². The summed E-state index contributed by atoms with van der Waals surface area (Å²) in [5.41, 5.74) is 0. The van der Waals surface area contributed by atoms with Crippen LogP contribution in [0, 0.1) is 0 Å². The van der Waals surface area contributed by atoms with E-state index < -0.39 is 0 Å². The van der Waals surface area contributed by atoms with Crippen LogP contribution < -0.4 is 5.32 Å². The van der Waals surface area contributed by atoms with Gasteiger partial charge in [0, 0.05) is 25.7 Å². The lowest BCUT2D eigenvalue weighted by Gasteiger charge is -2.35. The molecule has 0 radical (unpaired) electrons. The molecule has 1 unspecified atom stereocenters. The molecule has 3 heteroatoms. The van der Waals surface area contributed by atoms with E-state index in [1.165, 1.54) is 52.0 Å². The Morgan fingerprint density at radius 1 is 1.20 bits per heavy atom. The number of likely N-dealkylation sites (N-methyl/N-ethyl adjacent to an activating group) is 1. The molecular formula is C12H27N3. The monoisotopic (exact) mass is 213 g/mol. The molecule has 1 fully saturated rings.